The number of benzene rings is 1. The summed E-state index contributed by atoms with van der Waals surface area (Å²) >= 11 is 0. The van der Waals surface area contributed by atoms with Crippen molar-refractivity contribution in [1.82, 2.24) is 4.98 Å². The average molecular weight is 256 g/mol. The van der Waals surface area contributed by atoms with E-state index in [0.717, 1.165) is 0 Å². The third-order valence-corrected chi connectivity index (χ3v) is 2.26. The molecule has 2 rings (SSSR count). The standard InChI is InChI=1S/C14H12N2O3/c1-10(17)16-13-9-12(7-8-15-13)19-14(18)11-5-3-2-4-6-11/h2-9H,1H3,(H,15,16,17). The Morgan fingerprint density at radius 1 is 1.16 bits per heavy atom. The average Bonchev–Trinajstić information content (AvgIpc) is 2.39. The maximum Gasteiger partial charge on any atom is 0.343 e. The van der Waals surface area contributed by atoms with E-state index >= 15 is 0 Å². The van der Waals surface area contributed by atoms with E-state index in [1.165, 1.54) is 19.2 Å². The van der Waals surface area contributed by atoms with Crippen molar-refractivity contribution < 1.29 is 14.3 Å². The number of hydrogen-bond donors (Lipinski definition) is 1. The van der Waals surface area contributed by atoms with E-state index in [1.807, 2.05) is 6.07 Å². The van der Waals surface area contributed by atoms with Crippen molar-refractivity contribution >= 4 is 17.7 Å². The highest BCUT2D eigenvalue weighted by atomic mass is 16.5. The van der Waals surface area contributed by atoms with Crippen molar-refractivity contribution in [1.29, 1.82) is 0 Å². The monoisotopic (exact) mass is 256 g/mol. The summed E-state index contributed by atoms with van der Waals surface area (Å²) in [5.74, 6) is -0.0296. The lowest BCUT2D eigenvalue weighted by Gasteiger charge is -2.06. The normalized spacial score (nSPS) is 9.74. The summed E-state index contributed by atoms with van der Waals surface area (Å²) in [6.45, 7) is 1.38. The van der Waals surface area contributed by atoms with Crippen LogP contribution in [0.25, 0.3) is 0 Å². The first-order chi connectivity index (χ1) is 9.15. The smallest absolute Gasteiger partial charge is 0.343 e. The van der Waals surface area contributed by atoms with E-state index in [4.69, 9.17) is 4.74 Å². The molecule has 1 N–H and O–H groups in total. The Labute approximate surface area is 110 Å². The number of anilines is 1. The topological polar surface area (TPSA) is 68.3 Å². The molecule has 0 aliphatic heterocycles. The highest BCUT2D eigenvalue weighted by molar-refractivity contribution is 5.91. The molecule has 96 valence electrons. The molecule has 0 aliphatic rings. The number of carbonyl (C=O) groups is 2. The minimum Gasteiger partial charge on any atom is -0.423 e. The van der Waals surface area contributed by atoms with E-state index in [0.29, 0.717) is 17.1 Å². The van der Waals surface area contributed by atoms with Gasteiger partial charge in [-0.15, -0.1) is 0 Å². The van der Waals surface area contributed by atoms with Gasteiger partial charge in [0.05, 0.1) is 5.56 Å². The van der Waals surface area contributed by atoms with Gasteiger partial charge in [0.2, 0.25) is 5.91 Å². The summed E-state index contributed by atoms with van der Waals surface area (Å²) in [7, 11) is 0. The Morgan fingerprint density at radius 2 is 1.89 bits per heavy atom. The van der Waals surface area contributed by atoms with Gasteiger partial charge >= 0.3 is 5.97 Å². The SMILES string of the molecule is CC(=O)Nc1cc(OC(=O)c2ccccc2)ccn1. The van der Waals surface area contributed by atoms with Crippen LogP contribution < -0.4 is 10.1 Å². The fourth-order valence-electron chi connectivity index (χ4n) is 1.46. The second-order valence-corrected chi connectivity index (χ2v) is 3.81. The lowest BCUT2D eigenvalue weighted by Crippen LogP contribution is -2.10. The number of amides is 1. The fraction of sp³-hybridized carbons (Fsp3) is 0.0714. The van der Waals surface area contributed by atoms with Crippen LogP contribution in [-0.2, 0) is 4.79 Å². The first-order valence-corrected chi connectivity index (χ1v) is 5.66. The number of pyridine rings is 1. The molecule has 19 heavy (non-hydrogen) atoms. The molecule has 0 fully saturated rings. The Bertz CT molecular complexity index is 597. The zero-order chi connectivity index (χ0) is 13.7. The summed E-state index contributed by atoms with van der Waals surface area (Å²) in [6, 6.07) is 11.7. The van der Waals surface area contributed by atoms with Crippen LogP contribution in [0.1, 0.15) is 17.3 Å². The van der Waals surface area contributed by atoms with Crippen molar-refractivity contribution in [2.24, 2.45) is 0 Å². The summed E-state index contributed by atoms with van der Waals surface area (Å²) in [5, 5.41) is 2.52. The van der Waals surface area contributed by atoms with Crippen LogP contribution in [0.2, 0.25) is 0 Å². The molecule has 1 aromatic heterocycles. The van der Waals surface area contributed by atoms with Crippen LogP contribution in [0.4, 0.5) is 5.82 Å². The molecule has 0 unspecified atom stereocenters. The highest BCUT2D eigenvalue weighted by Crippen LogP contribution is 2.16. The van der Waals surface area contributed by atoms with Gasteiger partial charge in [-0.1, -0.05) is 18.2 Å². The van der Waals surface area contributed by atoms with Crippen LogP contribution in [0, 0.1) is 0 Å². The van der Waals surface area contributed by atoms with Gasteiger partial charge in [-0.2, -0.15) is 0 Å². The van der Waals surface area contributed by atoms with Gasteiger partial charge in [-0.3, -0.25) is 4.79 Å². The first-order valence-electron chi connectivity index (χ1n) is 5.66. The molecule has 0 spiro atoms. The number of carbonyl (C=O) groups excluding carboxylic acids is 2. The Kier molecular flexibility index (Phi) is 3.87. The first kappa shape index (κ1) is 12.8. The van der Waals surface area contributed by atoms with Gasteiger partial charge in [0.25, 0.3) is 0 Å². The predicted molar refractivity (Wildman–Crippen MR) is 69.9 cm³/mol. The van der Waals surface area contributed by atoms with Gasteiger partial charge in [0.1, 0.15) is 11.6 Å². The molecule has 5 heteroatoms. The molecular weight excluding hydrogens is 244 g/mol. The zero-order valence-electron chi connectivity index (χ0n) is 10.3. The van der Waals surface area contributed by atoms with Crippen molar-refractivity contribution in [2.75, 3.05) is 5.32 Å². The molecule has 0 aliphatic carbocycles. The van der Waals surface area contributed by atoms with Gasteiger partial charge < -0.3 is 10.1 Å². The molecule has 0 saturated heterocycles. The minimum atomic E-state index is -0.458. The quantitative estimate of drug-likeness (QED) is 0.855. The molecule has 0 atom stereocenters. The van der Waals surface area contributed by atoms with E-state index in [2.05, 4.69) is 10.3 Å². The lowest BCUT2D eigenvalue weighted by molar-refractivity contribution is -0.114. The second kappa shape index (κ2) is 5.77. The Balaban J connectivity index is 2.11. The van der Waals surface area contributed by atoms with E-state index in [9.17, 15) is 9.59 Å². The largest absolute Gasteiger partial charge is 0.423 e. The van der Waals surface area contributed by atoms with Gasteiger partial charge in [0.15, 0.2) is 0 Å². The summed E-state index contributed by atoms with van der Waals surface area (Å²) < 4.78 is 5.19. The second-order valence-electron chi connectivity index (χ2n) is 3.81. The van der Waals surface area contributed by atoms with Crippen molar-refractivity contribution in [3.05, 3.63) is 54.2 Å². The molecule has 0 saturated carbocycles. The van der Waals surface area contributed by atoms with Crippen LogP contribution in [-0.4, -0.2) is 16.9 Å². The third-order valence-electron chi connectivity index (χ3n) is 2.26. The Hall–Kier alpha value is -2.69. The van der Waals surface area contributed by atoms with Gasteiger partial charge in [0, 0.05) is 19.2 Å². The zero-order valence-corrected chi connectivity index (χ0v) is 10.3. The molecule has 0 radical (unpaired) electrons. The number of esters is 1. The molecule has 5 nitrogen and oxygen atoms in total. The fourth-order valence-corrected chi connectivity index (χ4v) is 1.46. The van der Waals surface area contributed by atoms with Gasteiger partial charge in [-0.05, 0) is 18.2 Å². The van der Waals surface area contributed by atoms with Gasteiger partial charge in [-0.25, -0.2) is 9.78 Å². The number of ether oxygens (including phenoxy) is 1. The molecule has 1 heterocycles. The van der Waals surface area contributed by atoms with Crippen LogP contribution in [0.3, 0.4) is 0 Å². The summed E-state index contributed by atoms with van der Waals surface area (Å²) in [6.07, 6.45) is 1.46. The van der Waals surface area contributed by atoms with Crippen LogP contribution >= 0.6 is 0 Å². The predicted octanol–water partition coefficient (Wildman–Crippen LogP) is 2.26. The number of rotatable bonds is 3. The summed E-state index contributed by atoms with van der Waals surface area (Å²) in [4.78, 5) is 26.7. The van der Waals surface area contributed by atoms with Crippen LogP contribution in [0.15, 0.2) is 48.7 Å². The lowest BCUT2D eigenvalue weighted by atomic mass is 10.2. The van der Waals surface area contributed by atoms with E-state index in [1.54, 1.807) is 30.3 Å². The van der Waals surface area contributed by atoms with E-state index in [-0.39, 0.29) is 5.91 Å². The maximum atomic E-state index is 11.8. The van der Waals surface area contributed by atoms with E-state index < -0.39 is 5.97 Å². The van der Waals surface area contributed by atoms with Crippen molar-refractivity contribution in [2.45, 2.75) is 6.92 Å². The summed E-state index contributed by atoms with van der Waals surface area (Å²) in [5.41, 5.74) is 0.459. The Morgan fingerprint density at radius 3 is 2.58 bits per heavy atom. The number of nitrogens with one attached hydrogen (secondary N) is 1. The number of hydrogen-bond acceptors (Lipinski definition) is 4. The number of nitrogens with zero attached hydrogens (tertiary/aromatic N) is 1. The maximum absolute atomic E-state index is 11.8. The van der Waals surface area contributed by atoms with Crippen molar-refractivity contribution in [3.63, 3.8) is 0 Å². The molecular formula is C14H12N2O3. The number of aromatic nitrogens is 1. The third kappa shape index (κ3) is 3.64. The highest BCUT2D eigenvalue weighted by Gasteiger charge is 2.08. The molecule has 1 aromatic carbocycles. The minimum absolute atomic E-state index is 0.237. The van der Waals surface area contributed by atoms with Crippen LogP contribution in [0.5, 0.6) is 5.75 Å². The molecule has 1 amide bonds. The molecule has 0 bridgehead atoms. The van der Waals surface area contributed by atoms with Crippen molar-refractivity contribution in [3.8, 4) is 5.75 Å². The molecule has 2 aromatic rings.